The van der Waals surface area contributed by atoms with Crippen molar-refractivity contribution in [2.45, 2.75) is 51.7 Å². The van der Waals surface area contributed by atoms with E-state index in [0.717, 1.165) is 29.2 Å². The first-order valence-electron chi connectivity index (χ1n) is 9.32. The van der Waals surface area contributed by atoms with E-state index >= 15 is 0 Å². The standard InChI is InChI=1S/C22H28N2O2S/c1-14(2)15-6-8-16(9-7-15)23-21(27)24-19-13-22(3,4)26-20-12-17(25-5)10-11-18(19)20/h6-12,14,19H,13H2,1-5H3,(H2,23,24,27). The maximum atomic E-state index is 6.14. The highest BCUT2D eigenvalue weighted by atomic mass is 32.1. The largest absolute Gasteiger partial charge is 0.497 e. The highest BCUT2D eigenvalue weighted by Gasteiger charge is 2.34. The second-order valence-corrected chi connectivity index (χ2v) is 8.31. The molecule has 0 aromatic heterocycles. The Hall–Kier alpha value is -2.27. The zero-order chi connectivity index (χ0) is 19.6. The minimum atomic E-state index is -0.286. The topological polar surface area (TPSA) is 42.5 Å². The van der Waals surface area contributed by atoms with Crippen molar-refractivity contribution in [1.29, 1.82) is 0 Å². The van der Waals surface area contributed by atoms with Crippen molar-refractivity contribution in [3.05, 3.63) is 53.6 Å². The predicted octanol–water partition coefficient (Wildman–Crippen LogP) is 5.41. The molecule has 5 heteroatoms. The van der Waals surface area contributed by atoms with Crippen LogP contribution in [0.5, 0.6) is 11.5 Å². The summed E-state index contributed by atoms with van der Waals surface area (Å²) >= 11 is 5.57. The Morgan fingerprint density at radius 3 is 2.52 bits per heavy atom. The molecule has 27 heavy (non-hydrogen) atoms. The van der Waals surface area contributed by atoms with Crippen molar-refractivity contribution in [3.63, 3.8) is 0 Å². The van der Waals surface area contributed by atoms with Gasteiger partial charge in [0.15, 0.2) is 5.11 Å². The van der Waals surface area contributed by atoms with E-state index in [9.17, 15) is 0 Å². The van der Waals surface area contributed by atoms with Gasteiger partial charge in [-0.3, -0.25) is 0 Å². The van der Waals surface area contributed by atoms with Gasteiger partial charge in [0, 0.05) is 23.7 Å². The van der Waals surface area contributed by atoms with Gasteiger partial charge in [0.2, 0.25) is 0 Å². The Balaban J connectivity index is 1.73. The number of methoxy groups -OCH3 is 1. The van der Waals surface area contributed by atoms with E-state index < -0.39 is 0 Å². The summed E-state index contributed by atoms with van der Waals surface area (Å²) < 4.78 is 11.5. The Bertz CT molecular complexity index is 816. The molecule has 2 aromatic carbocycles. The van der Waals surface area contributed by atoms with E-state index in [0.29, 0.717) is 11.0 Å². The van der Waals surface area contributed by atoms with E-state index in [4.69, 9.17) is 21.7 Å². The molecule has 144 valence electrons. The van der Waals surface area contributed by atoms with Gasteiger partial charge in [0.1, 0.15) is 17.1 Å². The number of ether oxygens (including phenoxy) is 2. The first-order valence-corrected chi connectivity index (χ1v) is 9.72. The summed E-state index contributed by atoms with van der Waals surface area (Å²) in [7, 11) is 1.66. The molecule has 1 aliphatic heterocycles. The van der Waals surface area contributed by atoms with Gasteiger partial charge in [-0.05, 0) is 61.8 Å². The van der Waals surface area contributed by atoms with Crippen LogP contribution < -0.4 is 20.1 Å². The summed E-state index contributed by atoms with van der Waals surface area (Å²) in [5, 5.41) is 7.35. The third kappa shape index (κ3) is 4.72. The first-order chi connectivity index (χ1) is 12.8. The fourth-order valence-corrected chi connectivity index (χ4v) is 3.62. The molecule has 0 saturated carbocycles. The van der Waals surface area contributed by atoms with Crippen molar-refractivity contribution >= 4 is 23.0 Å². The normalized spacial score (nSPS) is 17.6. The summed E-state index contributed by atoms with van der Waals surface area (Å²) in [6.45, 7) is 8.55. The maximum absolute atomic E-state index is 6.14. The average molecular weight is 385 g/mol. The molecular formula is C22H28N2O2S. The lowest BCUT2D eigenvalue weighted by Crippen LogP contribution is -2.42. The van der Waals surface area contributed by atoms with Crippen molar-refractivity contribution in [2.24, 2.45) is 0 Å². The molecule has 0 bridgehead atoms. The zero-order valence-corrected chi connectivity index (χ0v) is 17.4. The molecule has 0 fully saturated rings. The van der Waals surface area contributed by atoms with Crippen LogP contribution in [0, 0.1) is 0 Å². The minimum absolute atomic E-state index is 0.0737. The van der Waals surface area contributed by atoms with Gasteiger partial charge in [0.05, 0.1) is 13.2 Å². The molecule has 1 unspecified atom stereocenters. The van der Waals surface area contributed by atoms with Crippen LogP contribution in [0.3, 0.4) is 0 Å². The molecule has 0 aliphatic carbocycles. The summed E-state index contributed by atoms with van der Waals surface area (Å²) in [5.74, 6) is 2.14. The van der Waals surface area contributed by atoms with Crippen molar-refractivity contribution in [2.75, 3.05) is 12.4 Å². The Morgan fingerprint density at radius 2 is 1.89 bits per heavy atom. The summed E-state index contributed by atoms with van der Waals surface area (Å²) in [4.78, 5) is 0. The molecule has 2 N–H and O–H groups in total. The fourth-order valence-electron chi connectivity index (χ4n) is 3.36. The number of hydrogen-bond acceptors (Lipinski definition) is 3. The second-order valence-electron chi connectivity index (χ2n) is 7.90. The second kappa shape index (κ2) is 7.77. The van der Waals surface area contributed by atoms with Crippen LogP contribution in [0.4, 0.5) is 5.69 Å². The molecule has 4 nitrogen and oxygen atoms in total. The number of anilines is 1. The molecule has 1 heterocycles. The maximum Gasteiger partial charge on any atom is 0.171 e. The highest BCUT2D eigenvalue weighted by molar-refractivity contribution is 7.80. The lowest BCUT2D eigenvalue weighted by atomic mass is 9.89. The van der Waals surface area contributed by atoms with Crippen molar-refractivity contribution in [3.8, 4) is 11.5 Å². The number of thiocarbonyl (C=S) groups is 1. The van der Waals surface area contributed by atoms with Gasteiger partial charge in [-0.2, -0.15) is 0 Å². The first kappa shape index (κ1) is 19.5. The van der Waals surface area contributed by atoms with Gasteiger partial charge in [0.25, 0.3) is 0 Å². The number of nitrogens with one attached hydrogen (secondary N) is 2. The predicted molar refractivity (Wildman–Crippen MR) is 115 cm³/mol. The van der Waals surface area contributed by atoms with Gasteiger partial charge < -0.3 is 20.1 Å². The lowest BCUT2D eigenvalue weighted by Gasteiger charge is -2.38. The zero-order valence-electron chi connectivity index (χ0n) is 16.6. The van der Waals surface area contributed by atoms with Gasteiger partial charge in [-0.15, -0.1) is 0 Å². The Kier molecular flexibility index (Phi) is 5.61. The van der Waals surface area contributed by atoms with E-state index in [1.165, 1.54) is 5.56 Å². The number of fused-ring (bicyclic) bond motifs is 1. The van der Waals surface area contributed by atoms with Crippen molar-refractivity contribution < 1.29 is 9.47 Å². The quantitative estimate of drug-likeness (QED) is 0.690. The third-order valence-electron chi connectivity index (χ3n) is 4.82. The number of benzene rings is 2. The molecular weight excluding hydrogens is 356 g/mol. The SMILES string of the molecule is COc1ccc2c(c1)OC(C)(C)CC2NC(=S)Nc1ccc(C(C)C)cc1. The minimum Gasteiger partial charge on any atom is -0.497 e. The molecule has 0 saturated heterocycles. The van der Waals surface area contributed by atoms with E-state index in [1.807, 2.05) is 18.2 Å². The van der Waals surface area contributed by atoms with Gasteiger partial charge in [-0.1, -0.05) is 26.0 Å². The van der Waals surface area contributed by atoms with Crippen LogP contribution in [-0.4, -0.2) is 17.8 Å². The molecule has 2 aromatic rings. The third-order valence-corrected chi connectivity index (χ3v) is 5.04. The van der Waals surface area contributed by atoms with Gasteiger partial charge in [-0.25, -0.2) is 0 Å². The van der Waals surface area contributed by atoms with Gasteiger partial charge >= 0.3 is 0 Å². The summed E-state index contributed by atoms with van der Waals surface area (Å²) in [6, 6.07) is 14.4. The summed E-state index contributed by atoms with van der Waals surface area (Å²) in [6.07, 6.45) is 0.820. The molecule has 3 rings (SSSR count). The van der Waals surface area contributed by atoms with Crippen LogP contribution in [0.2, 0.25) is 0 Å². The smallest absolute Gasteiger partial charge is 0.171 e. The van der Waals surface area contributed by atoms with E-state index in [1.54, 1.807) is 7.11 Å². The summed E-state index contributed by atoms with van der Waals surface area (Å²) in [5.41, 5.74) is 3.10. The molecule has 0 amide bonds. The number of rotatable bonds is 4. The lowest BCUT2D eigenvalue weighted by molar-refractivity contribution is 0.0693. The Morgan fingerprint density at radius 1 is 1.19 bits per heavy atom. The van der Waals surface area contributed by atoms with E-state index in [-0.39, 0.29) is 11.6 Å². The van der Waals surface area contributed by atoms with Crippen LogP contribution in [0.15, 0.2) is 42.5 Å². The molecule has 1 atom stereocenters. The fraction of sp³-hybridized carbons (Fsp3) is 0.409. The average Bonchev–Trinajstić information content (AvgIpc) is 2.60. The molecule has 0 spiro atoms. The van der Waals surface area contributed by atoms with Crippen LogP contribution in [0.1, 0.15) is 57.2 Å². The van der Waals surface area contributed by atoms with E-state index in [2.05, 4.69) is 62.6 Å². The molecule has 0 radical (unpaired) electrons. The highest BCUT2D eigenvalue weighted by Crippen LogP contribution is 2.41. The van der Waals surface area contributed by atoms with Crippen LogP contribution >= 0.6 is 12.2 Å². The monoisotopic (exact) mass is 384 g/mol. The number of hydrogen-bond donors (Lipinski definition) is 2. The Labute approximate surface area is 167 Å². The molecule has 1 aliphatic rings. The van der Waals surface area contributed by atoms with Crippen molar-refractivity contribution in [1.82, 2.24) is 5.32 Å². The van der Waals surface area contributed by atoms with Crippen LogP contribution in [-0.2, 0) is 0 Å². The van der Waals surface area contributed by atoms with Crippen LogP contribution in [0.25, 0.3) is 0 Å².